The molecule has 14 unspecified atom stereocenters. The van der Waals surface area contributed by atoms with Crippen molar-refractivity contribution in [2.75, 3.05) is 48.1 Å². The van der Waals surface area contributed by atoms with E-state index in [1.165, 1.54) is 13.0 Å². The molecule has 0 radical (unpaired) electrons. The number of aliphatic hydroxyl groups excluding tert-OH is 1. The van der Waals surface area contributed by atoms with Gasteiger partial charge in [0.05, 0.1) is 31.0 Å². The molecule has 252 valence electrons. The summed E-state index contributed by atoms with van der Waals surface area (Å²) in [5.41, 5.74) is -1.27. The number of carbonyl (C=O) groups is 2. The van der Waals surface area contributed by atoms with Crippen molar-refractivity contribution in [3.63, 3.8) is 0 Å². The molecule has 10 nitrogen and oxygen atoms in total. The zero-order valence-electron chi connectivity index (χ0n) is 27.8. The molecule has 0 amide bonds. The Balaban J connectivity index is 1.46. The van der Waals surface area contributed by atoms with Crippen molar-refractivity contribution in [3.8, 4) is 0 Å². The summed E-state index contributed by atoms with van der Waals surface area (Å²) in [6.07, 6.45) is 2.81. The number of fused-ring (bicyclic) bond motifs is 2. The van der Waals surface area contributed by atoms with Crippen LogP contribution in [-0.2, 0) is 38.0 Å². The van der Waals surface area contributed by atoms with Crippen molar-refractivity contribution in [1.82, 2.24) is 4.90 Å². The first-order valence-corrected chi connectivity index (χ1v) is 16.8. The van der Waals surface area contributed by atoms with Gasteiger partial charge >= 0.3 is 11.9 Å². The van der Waals surface area contributed by atoms with E-state index in [0.717, 1.165) is 18.5 Å². The molecule has 5 aliphatic carbocycles. The predicted octanol–water partition coefficient (Wildman–Crippen LogP) is 2.96. The van der Waals surface area contributed by atoms with Crippen LogP contribution in [-0.4, -0.2) is 112 Å². The van der Waals surface area contributed by atoms with Crippen LogP contribution in [0.25, 0.3) is 6.08 Å². The molecule has 5 saturated carbocycles. The van der Waals surface area contributed by atoms with Crippen LogP contribution in [0.1, 0.15) is 38.7 Å². The number of nitrogens with zero attached hydrogens (tertiary/aromatic N) is 1. The third-order valence-electron chi connectivity index (χ3n) is 13.2. The van der Waals surface area contributed by atoms with Gasteiger partial charge in [-0.3, -0.25) is 9.69 Å². The lowest BCUT2D eigenvalue weighted by Gasteiger charge is -2.70. The second-order valence-electron chi connectivity index (χ2n) is 14.6. The summed E-state index contributed by atoms with van der Waals surface area (Å²) in [6.45, 7) is 5.35. The Kier molecular flexibility index (Phi) is 8.17. The first kappa shape index (κ1) is 32.2. The molecule has 7 bridgehead atoms. The molecular formula is C36H49NO9. The molecule has 1 aromatic rings. The van der Waals surface area contributed by atoms with Gasteiger partial charge in [-0.1, -0.05) is 37.3 Å². The molecule has 1 heterocycles. The summed E-state index contributed by atoms with van der Waals surface area (Å²) in [4.78, 5) is 29.3. The van der Waals surface area contributed by atoms with Gasteiger partial charge in [0.2, 0.25) is 0 Å². The topological polar surface area (TPSA) is 113 Å². The fourth-order valence-electron chi connectivity index (χ4n) is 12.3. The van der Waals surface area contributed by atoms with Crippen LogP contribution in [0.15, 0.2) is 36.4 Å². The monoisotopic (exact) mass is 639 g/mol. The number of methoxy groups -OCH3 is 4. The summed E-state index contributed by atoms with van der Waals surface area (Å²) in [5, 5.41) is 12.1. The van der Waals surface area contributed by atoms with Gasteiger partial charge in [-0.2, -0.15) is 0 Å². The minimum atomic E-state index is -1.07. The highest BCUT2D eigenvalue weighted by atomic mass is 16.6. The van der Waals surface area contributed by atoms with Crippen molar-refractivity contribution >= 4 is 18.0 Å². The number of hydrogen-bond acceptors (Lipinski definition) is 10. The van der Waals surface area contributed by atoms with Crippen LogP contribution in [0.5, 0.6) is 0 Å². The number of piperidine rings is 1. The molecule has 1 N–H and O–H groups in total. The Morgan fingerprint density at radius 2 is 1.78 bits per heavy atom. The number of benzene rings is 1. The van der Waals surface area contributed by atoms with Crippen molar-refractivity contribution in [2.24, 2.45) is 40.4 Å². The summed E-state index contributed by atoms with van der Waals surface area (Å²) in [7, 11) is 6.88. The number of hydrogen-bond donors (Lipinski definition) is 1. The Morgan fingerprint density at radius 1 is 1.02 bits per heavy atom. The Bertz CT molecular complexity index is 1360. The van der Waals surface area contributed by atoms with Crippen LogP contribution >= 0.6 is 0 Å². The van der Waals surface area contributed by atoms with Gasteiger partial charge in [-0.05, 0) is 30.5 Å². The van der Waals surface area contributed by atoms with Gasteiger partial charge in [0.15, 0.2) is 0 Å². The quantitative estimate of drug-likeness (QED) is 0.303. The number of carbonyl (C=O) groups excluding carboxylic acids is 2. The molecule has 6 aliphatic rings. The molecule has 14 atom stereocenters. The number of esters is 2. The number of rotatable bonds is 10. The van der Waals surface area contributed by atoms with E-state index in [-0.39, 0.29) is 59.9 Å². The molecule has 6 fully saturated rings. The lowest BCUT2D eigenvalue weighted by atomic mass is 9.42. The first-order valence-electron chi connectivity index (χ1n) is 16.8. The van der Waals surface area contributed by atoms with E-state index in [9.17, 15) is 14.7 Å². The maximum atomic E-state index is 14.1. The number of likely N-dealkylation sites (tertiary alicyclic amines) is 1. The minimum Gasteiger partial charge on any atom is -0.462 e. The lowest BCUT2D eigenvalue weighted by molar-refractivity contribution is -0.297. The minimum absolute atomic E-state index is 0.0534. The standard InChI is InChI=1S/C36H49NO9/c1-7-37-18-34(19-41-3)25(39)16-26(43-5)36-23-15-22-24(42-4)17-35(28(23)30(22)45-20(2)38,29(33(36)37)31(44-6)32(34)36)46-27(40)14-13-21-11-9-8-10-12-21/h8-14,22-26,28-33,39H,7,15-19H2,1-6H3. The molecule has 1 saturated heterocycles. The third-order valence-corrected chi connectivity index (χ3v) is 13.2. The van der Waals surface area contributed by atoms with E-state index >= 15 is 0 Å². The fraction of sp³-hybridized carbons (Fsp3) is 0.722. The molecule has 0 aromatic heterocycles. The zero-order chi connectivity index (χ0) is 32.6. The molecule has 7 rings (SSSR count). The summed E-state index contributed by atoms with van der Waals surface area (Å²) in [6, 6.07) is 9.61. The second-order valence-corrected chi connectivity index (χ2v) is 14.6. The van der Waals surface area contributed by atoms with Crippen molar-refractivity contribution < 1.29 is 43.1 Å². The smallest absolute Gasteiger partial charge is 0.331 e. The van der Waals surface area contributed by atoms with E-state index in [4.69, 9.17) is 28.4 Å². The summed E-state index contributed by atoms with van der Waals surface area (Å²) in [5.74, 6) is -1.66. The van der Waals surface area contributed by atoms with Crippen LogP contribution in [0, 0.1) is 40.4 Å². The van der Waals surface area contributed by atoms with Gasteiger partial charge in [-0.25, -0.2) is 4.79 Å². The molecule has 1 aliphatic heterocycles. The summed E-state index contributed by atoms with van der Waals surface area (Å²) >= 11 is 0. The van der Waals surface area contributed by atoms with Gasteiger partial charge in [-0.15, -0.1) is 0 Å². The number of aliphatic hydroxyl groups is 1. The maximum absolute atomic E-state index is 14.1. The van der Waals surface area contributed by atoms with E-state index in [2.05, 4.69) is 11.8 Å². The van der Waals surface area contributed by atoms with Crippen LogP contribution in [0.2, 0.25) is 0 Å². The highest BCUT2D eigenvalue weighted by Gasteiger charge is 2.89. The Labute approximate surface area is 271 Å². The van der Waals surface area contributed by atoms with E-state index in [1.807, 2.05) is 30.3 Å². The van der Waals surface area contributed by atoms with Crippen molar-refractivity contribution in [3.05, 3.63) is 42.0 Å². The zero-order valence-corrected chi connectivity index (χ0v) is 27.8. The van der Waals surface area contributed by atoms with Gasteiger partial charge in [0.25, 0.3) is 0 Å². The van der Waals surface area contributed by atoms with Crippen molar-refractivity contribution in [1.29, 1.82) is 0 Å². The second kappa shape index (κ2) is 11.7. The highest BCUT2D eigenvalue weighted by Crippen LogP contribution is 2.80. The van der Waals surface area contributed by atoms with Crippen LogP contribution in [0.4, 0.5) is 0 Å². The van der Waals surface area contributed by atoms with Crippen LogP contribution < -0.4 is 0 Å². The van der Waals surface area contributed by atoms with Gasteiger partial charge in [0, 0.05) is 101 Å². The van der Waals surface area contributed by atoms with Gasteiger partial charge < -0.3 is 33.5 Å². The highest BCUT2D eigenvalue weighted by molar-refractivity contribution is 5.87. The lowest BCUT2D eigenvalue weighted by Crippen LogP contribution is -2.79. The van der Waals surface area contributed by atoms with Crippen LogP contribution in [0.3, 0.4) is 0 Å². The molecule has 46 heavy (non-hydrogen) atoms. The van der Waals surface area contributed by atoms with E-state index in [1.54, 1.807) is 34.5 Å². The fourth-order valence-corrected chi connectivity index (χ4v) is 12.3. The molecule has 10 heteroatoms. The maximum Gasteiger partial charge on any atom is 0.331 e. The molecule has 1 spiro atoms. The number of ether oxygens (including phenoxy) is 6. The Morgan fingerprint density at radius 3 is 2.41 bits per heavy atom. The van der Waals surface area contributed by atoms with Crippen molar-refractivity contribution in [2.45, 2.75) is 75.3 Å². The summed E-state index contributed by atoms with van der Waals surface area (Å²) < 4.78 is 38.4. The largest absolute Gasteiger partial charge is 0.462 e. The average molecular weight is 640 g/mol. The van der Waals surface area contributed by atoms with E-state index < -0.39 is 34.6 Å². The normalized spacial score (nSPS) is 46.8. The van der Waals surface area contributed by atoms with Gasteiger partial charge in [0.1, 0.15) is 11.7 Å². The average Bonchev–Trinajstić information content (AvgIpc) is 3.46. The molecule has 1 aromatic carbocycles. The Hall–Kier alpha value is -2.34. The third kappa shape index (κ3) is 4.10. The predicted molar refractivity (Wildman–Crippen MR) is 167 cm³/mol. The first-order chi connectivity index (χ1) is 22.2. The SMILES string of the molecule is CCN1CC2(COC)C(O)CC(OC)C34C5CC6C(OC)CC(OC(=O)C=Cc7ccccc7)(C5C6OC(C)=O)C(C(OC)C23)C14. The van der Waals surface area contributed by atoms with E-state index in [0.29, 0.717) is 26.0 Å². The molecular weight excluding hydrogens is 590 g/mol.